The smallest absolute Gasteiger partial charge is 0.259 e. The molecule has 0 aliphatic heterocycles. The summed E-state index contributed by atoms with van der Waals surface area (Å²) in [6, 6.07) is 12.6. The minimum Gasteiger partial charge on any atom is -0.494 e. The van der Waals surface area contributed by atoms with Crippen molar-refractivity contribution in [1.29, 1.82) is 0 Å². The number of carbonyl (C=O) groups is 1. The molecule has 0 aliphatic carbocycles. The summed E-state index contributed by atoms with van der Waals surface area (Å²) in [5, 5.41) is 2.89. The second kappa shape index (κ2) is 9.70. The summed E-state index contributed by atoms with van der Waals surface area (Å²) in [5.41, 5.74) is 1.16. The molecule has 5 nitrogen and oxygen atoms in total. The number of anilines is 1. The Morgan fingerprint density at radius 3 is 2.23 bits per heavy atom. The van der Waals surface area contributed by atoms with E-state index in [0.29, 0.717) is 36.0 Å². The van der Waals surface area contributed by atoms with Gasteiger partial charge in [0.05, 0.1) is 24.9 Å². The molecule has 1 atom stereocenters. The number of amides is 1. The first-order chi connectivity index (χ1) is 12.6. The first kappa shape index (κ1) is 19.6. The normalized spacial score (nSPS) is 11.5. The SMILES string of the molecule is CCOc1ccc(C(=O)Nc2ccc(OC(C)CC)cc2)c(OCC)c1. The number of hydrogen-bond donors (Lipinski definition) is 1. The summed E-state index contributed by atoms with van der Waals surface area (Å²) in [5.74, 6) is 1.74. The second-order valence-corrected chi connectivity index (χ2v) is 5.84. The molecule has 140 valence electrons. The Hall–Kier alpha value is -2.69. The van der Waals surface area contributed by atoms with E-state index in [1.54, 1.807) is 18.2 Å². The first-order valence-corrected chi connectivity index (χ1v) is 9.05. The average molecular weight is 357 g/mol. The molecule has 0 heterocycles. The van der Waals surface area contributed by atoms with E-state index < -0.39 is 0 Å². The lowest BCUT2D eigenvalue weighted by molar-refractivity contribution is 0.102. The molecule has 5 heteroatoms. The maximum atomic E-state index is 12.6. The maximum Gasteiger partial charge on any atom is 0.259 e. The fraction of sp³-hybridized carbons (Fsp3) is 0.381. The Kier molecular flexibility index (Phi) is 7.33. The van der Waals surface area contributed by atoms with E-state index in [-0.39, 0.29) is 12.0 Å². The highest BCUT2D eigenvalue weighted by molar-refractivity contribution is 6.06. The van der Waals surface area contributed by atoms with Crippen LogP contribution >= 0.6 is 0 Å². The van der Waals surface area contributed by atoms with Gasteiger partial charge in [-0.3, -0.25) is 4.79 Å². The molecule has 0 fully saturated rings. The van der Waals surface area contributed by atoms with Crippen LogP contribution in [0.4, 0.5) is 5.69 Å². The minimum atomic E-state index is -0.230. The van der Waals surface area contributed by atoms with Crippen LogP contribution in [0.1, 0.15) is 44.5 Å². The summed E-state index contributed by atoms with van der Waals surface area (Å²) in [7, 11) is 0. The fourth-order valence-corrected chi connectivity index (χ4v) is 2.35. The van der Waals surface area contributed by atoms with Crippen molar-refractivity contribution < 1.29 is 19.0 Å². The van der Waals surface area contributed by atoms with Crippen molar-refractivity contribution in [2.45, 2.75) is 40.2 Å². The number of rotatable bonds is 9. The van der Waals surface area contributed by atoms with Gasteiger partial charge in [-0.2, -0.15) is 0 Å². The van der Waals surface area contributed by atoms with Crippen LogP contribution in [0.15, 0.2) is 42.5 Å². The Labute approximate surface area is 155 Å². The van der Waals surface area contributed by atoms with Crippen LogP contribution in [0.5, 0.6) is 17.2 Å². The van der Waals surface area contributed by atoms with Gasteiger partial charge < -0.3 is 19.5 Å². The first-order valence-electron chi connectivity index (χ1n) is 9.05. The van der Waals surface area contributed by atoms with E-state index in [0.717, 1.165) is 12.2 Å². The molecule has 1 unspecified atom stereocenters. The average Bonchev–Trinajstić information content (AvgIpc) is 2.64. The van der Waals surface area contributed by atoms with Gasteiger partial charge in [-0.1, -0.05) is 6.92 Å². The summed E-state index contributed by atoms with van der Waals surface area (Å²) in [6.45, 7) is 8.92. The molecule has 0 radical (unpaired) electrons. The molecular weight excluding hydrogens is 330 g/mol. The van der Waals surface area contributed by atoms with E-state index in [1.165, 1.54) is 0 Å². The van der Waals surface area contributed by atoms with Gasteiger partial charge in [0.2, 0.25) is 0 Å². The molecule has 0 aromatic heterocycles. The van der Waals surface area contributed by atoms with Gasteiger partial charge in [0.1, 0.15) is 17.2 Å². The summed E-state index contributed by atoms with van der Waals surface area (Å²) in [4.78, 5) is 12.6. The van der Waals surface area contributed by atoms with Crippen molar-refractivity contribution in [3.63, 3.8) is 0 Å². The lowest BCUT2D eigenvalue weighted by Gasteiger charge is -2.14. The van der Waals surface area contributed by atoms with Gasteiger partial charge in [0.25, 0.3) is 5.91 Å². The molecule has 2 aromatic rings. The highest BCUT2D eigenvalue weighted by atomic mass is 16.5. The number of hydrogen-bond acceptors (Lipinski definition) is 4. The molecular formula is C21H27NO4. The lowest BCUT2D eigenvalue weighted by atomic mass is 10.1. The predicted octanol–water partition coefficient (Wildman–Crippen LogP) is 4.91. The molecule has 0 saturated heterocycles. The third-order valence-electron chi connectivity index (χ3n) is 3.83. The Bertz CT molecular complexity index is 712. The van der Waals surface area contributed by atoms with Gasteiger partial charge in [0, 0.05) is 11.8 Å². The molecule has 2 rings (SSSR count). The Morgan fingerprint density at radius 2 is 1.62 bits per heavy atom. The van der Waals surface area contributed by atoms with E-state index in [2.05, 4.69) is 12.2 Å². The highest BCUT2D eigenvalue weighted by Gasteiger charge is 2.14. The van der Waals surface area contributed by atoms with E-state index in [9.17, 15) is 4.79 Å². The largest absolute Gasteiger partial charge is 0.494 e. The van der Waals surface area contributed by atoms with Crippen LogP contribution < -0.4 is 19.5 Å². The van der Waals surface area contributed by atoms with Gasteiger partial charge in [-0.05, 0) is 63.6 Å². The number of nitrogens with one attached hydrogen (secondary N) is 1. The lowest BCUT2D eigenvalue weighted by Crippen LogP contribution is -2.14. The van der Waals surface area contributed by atoms with Gasteiger partial charge in [-0.25, -0.2) is 0 Å². The van der Waals surface area contributed by atoms with E-state index >= 15 is 0 Å². The zero-order valence-corrected chi connectivity index (χ0v) is 15.9. The predicted molar refractivity (Wildman–Crippen MR) is 104 cm³/mol. The summed E-state index contributed by atoms with van der Waals surface area (Å²) in [6.07, 6.45) is 1.10. The molecule has 0 spiro atoms. The van der Waals surface area contributed by atoms with Gasteiger partial charge in [0.15, 0.2) is 0 Å². The monoisotopic (exact) mass is 357 g/mol. The van der Waals surface area contributed by atoms with Crippen LogP contribution in [-0.2, 0) is 0 Å². The topological polar surface area (TPSA) is 56.8 Å². The third kappa shape index (κ3) is 5.41. The van der Waals surface area contributed by atoms with Gasteiger partial charge in [-0.15, -0.1) is 0 Å². The minimum absolute atomic E-state index is 0.160. The summed E-state index contributed by atoms with van der Waals surface area (Å²) < 4.78 is 16.8. The van der Waals surface area contributed by atoms with E-state index in [4.69, 9.17) is 14.2 Å². The molecule has 1 N–H and O–H groups in total. The van der Waals surface area contributed by atoms with Gasteiger partial charge >= 0.3 is 0 Å². The van der Waals surface area contributed by atoms with Crippen LogP contribution in [0.2, 0.25) is 0 Å². The quantitative estimate of drug-likeness (QED) is 0.692. The zero-order valence-electron chi connectivity index (χ0n) is 15.9. The van der Waals surface area contributed by atoms with Crippen molar-refractivity contribution in [1.82, 2.24) is 0 Å². The van der Waals surface area contributed by atoms with Crippen LogP contribution in [0, 0.1) is 0 Å². The molecule has 2 aromatic carbocycles. The van der Waals surface area contributed by atoms with Crippen molar-refractivity contribution in [3.8, 4) is 17.2 Å². The molecule has 0 aliphatic rings. The van der Waals surface area contributed by atoms with Crippen molar-refractivity contribution >= 4 is 11.6 Å². The molecule has 26 heavy (non-hydrogen) atoms. The molecule has 1 amide bonds. The van der Waals surface area contributed by atoms with Crippen LogP contribution in [-0.4, -0.2) is 25.2 Å². The van der Waals surface area contributed by atoms with Crippen molar-refractivity contribution in [2.24, 2.45) is 0 Å². The van der Waals surface area contributed by atoms with E-state index in [1.807, 2.05) is 45.0 Å². The fourth-order valence-electron chi connectivity index (χ4n) is 2.35. The molecule has 0 saturated carbocycles. The Balaban J connectivity index is 2.11. The zero-order chi connectivity index (χ0) is 18.9. The maximum absolute atomic E-state index is 12.6. The highest BCUT2D eigenvalue weighted by Crippen LogP contribution is 2.26. The van der Waals surface area contributed by atoms with Crippen LogP contribution in [0.25, 0.3) is 0 Å². The number of carbonyl (C=O) groups excluding carboxylic acids is 1. The number of ether oxygens (including phenoxy) is 3. The van der Waals surface area contributed by atoms with Crippen molar-refractivity contribution in [2.75, 3.05) is 18.5 Å². The Morgan fingerprint density at radius 1 is 0.962 bits per heavy atom. The standard InChI is InChI=1S/C21H27NO4/c1-5-15(4)26-17-10-8-16(9-11-17)22-21(23)19-13-12-18(24-6-2)14-20(19)25-7-3/h8-15H,5-7H2,1-4H3,(H,22,23). The number of benzene rings is 2. The van der Waals surface area contributed by atoms with Crippen LogP contribution in [0.3, 0.4) is 0 Å². The summed E-state index contributed by atoms with van der Waals surface area (Å²) >= 11 is 0. The third-order valence-corrected chi connectivity index (χ3v) is 3.83. The molecule has 0 bridgehead atoms. The van der Waals surface area contributed by atoms with Crippen molar-refractivity contribution in [3.05, 3.63) is 48.0 Å². The second-order valence-electron chi connectivity index (χ2n) is 5.84.